The summed E-state index contributed by atoms with van der Waals surface area (Å²) in [6, 6.07) is 1.39. The van der Waals surface area contributed by atoms with Crippen LogP contribution in [0.3, 0.4) is 0 Å². The lowest BCUT2D eigenvalue weighted by molar-refractivity contribution is -0.0243. The molecular formula is C9H14N3O7P. The molecule has 1 saturated heterocycles. The summed E-state index contributed by atoms with van der Waals surface area (Å²) in [6.45, 7) is -0.251. The van der Waals surface area contributed by atoms with E-state index in [2.05, 4.69) is 9.51 Å². The van der Waals surface area contributed by atoms with Gasteiger partial charge in [0.25, 0.3) is 0 Å². The zero-order chi connectivity index (χ0) is 14.8. The van der Waals surface area contributed by atoms with Gasteiger partial charge in [-0.1, -0.05) is 0 Å². The first-order valence-electron chi connectivity index (χ1n) is 5.74. The van der Waals surface area contributed by atoms with Crippen LogP contribution in [0.15, 0.2) is 17.1 Å². The minimum Gasteiger partial charge on any atom is -0.352 e. The van der Waals surface area contributed by atoms with Crippen molar-refractivity contribution in [2.45, 2.75) is 25.2 Å². The molecule has 1 aliphatic heterocycles. The zero-order valence-electron chi connectivity index (χ0n) is 10.2. The van der Waals surface area contributed by atoms with E-state index in [1.165, 1.54) is 16.8 Å². The van der Waals surface area contributed by atoms with Crippen molar-refractivity contribution in [1.82, 2.24) is 9.55 Å². The molecule has 10 nitrogen and oxygen atoms in total. The molecule has 0 saturated carbocycles. The molecule has 2 heterocycles. The van der Waals surface area contributed by atoms with E-state index in [1.807, 2.05) is 0 Å². The van der Waals surface area contributed by atoms with Crippen LogP contribution in [0.4, 0.5) is 5.82 Å². The summed E-state index contributed by atoms with van der Waals surface area (Å²) in [6.07, 6.45) is 1.31. The van der Waals surface area contributed by atoms with Gasteiger partial charge in [-0.25, -0.2) is 9.36 Å². The minimum atomic E-state index is -4.53. The van der Waals surface area contributed by atoms with E-state index in [4.69, 9.17) is 19.7 Å². The van der Waals surface area contributed by atoms with Crippen LogP contribution >= 0.6 is 7.82 Å². The van der Waals surface area contributed by atoms with Crippen LogP contribution in [0.25, 0.3) is 0 Å². The average molecular weight is 307 g/mol. The van der Waals surface area contributed by atoms with Crippen LogP contribution in [0.5, 0.6) is 0 Å². The van der Waals surface area contributed by atoms with Gasteiger partial charge in [-0.05, 0) is 18.9 Å². The van der Waals surface area contributed by atoms with Crippen molar-refractivity contribution in [3.63, 3.8) is 0 Å². The lowest BCUT2D eigenvalue weighted by Crippen LogP contribution is -2.27. The number of nitrogens with one attached hydrogen (secondary N) is 1. The molecule has 1 fully saturated rings. The Morgan fingerprint density at radius 3 is 2.90 bits per heavy atom. The van der Waals surface area contributed by atoms with Gasteiger partial charge in [0, 0.05) is 6.20 Å². The highest BCUT2D eigenvalue weighted by Crippen LogP contribution is 2.37. The fourth-order valence-electron chi connectivity index (χ4n) is 1.89. The van der Waals surface area contributed by atoms with E-state index >= 15 is 0 Å². The van der Waals surface area contributed by atoms with Crippen LogP contribution in [-0.4, -0.2) is 37.3 Å². The van der Waals surface area contributed by atoms with Gasteiger partial charge in [0.1, 0.15) is 6.23 Å². The van der Waals surface area contributed by atoms with Gasteiger partial charge in [-0.15, -0.1) is 0 Å². The Balaban J connectivity index is 1.99. The van der Waals surface area contributed by atoms with Crippen LogP contribution in [0.1, 0.15) is 19.1 Å². The molecule has 0 amide bonds. The van der Waals surface area contributed by atoms with Gasteiger partial charge in [-0.2, -0.15) is 4.98 Å². The van der Waals surface area contributed by atoms with Crippen molar-refractivity contribution in [3.05, 3.63) is 22.7 Å². The van der Waals surface area contributed by atoms with E-state index in [-0.39, 0.29) is 12.4 Å². The second-order valence-corrected chi connectivity index (χ2v) is 5.43. The molecule has 1 aromatic rings. The van der Waals surface area contributed by atoms with Crippen molar-refractivity contribution in [2.75, 3.05) is 12.1 Å². The number of aromatic nitrogens is 2. The number of ether oxygens (including phenoxy) is 1. The van der Waals surface area contributed by atoms with E-state index in [1.54, 1.807) is 5.48 Å². The van der Waals surface area contributed by atoms with Crippen LogP contribution in [0, 0.1) is 0 Å². The summed E-state index contributed by atoms with van der Waals surface area (Å²) in [7, 11) is -4.53. The molecular weight excluding hydrogens is 293 g/mol. The normalized spacial score (nSPS) is 22.9. The maximum Gasteiger partial charge on any atom is 0.469 e. The third-order valence-electron chi connectivity index (χ3n) is 2.77. The second kappa shape index (κ2) is 6.00. The van der Waals surface area contributed by atoms with E-state index in [0.717, 1.165) is 0 Å². The molecule has 2 unspecified atom stereocenters. The molecule has 20 heavy (non-hydrogen) atoms. The number of anilines is 1. The molecule has 0 aromatic carbocycles. The Kier molecular flexibility index (Phi) is 4.53. The third-order valence-corrected chi connectivity index (χ3v) is 3.25. The molecule has 4 N–H and O–H groups in total. The number of hydrogen-bond donors (Lipinski definition) is 4. The summed E-state index contributed by atoms with van der Waals surface area (Å²) < 4.78 is 21.6. The van der Waals surface area contributed by atoms with E-state index in [9.17, 15) is 9.36 Å². The zero-order valence-corrected chi connectivity index (χ0v) is 11.1. The molecule has 0 aliphatic carbocycles. The van der Waals surface area contributed by atoms with Gasteiger partial charge in [-0.3, -0.25) is 19.8 Å². The molecule has 11 heteroatoms. The van der Waals surface area contributed by atoms with Crippen LogP contribution in [0.2, 0.25) is 0 Å². The highest BCUT2D eigenvalue weighted by atomic mass is 31.2. The van der Waals surface area contributed by atoms with E-state index in [0.29, 0.717) is 12.8 Å². The first-order valence-corrected chi connectivity index (χ1v) is 7.27. The third kappa shape index (κ3) is 3.85. The van der Waals surface area contributed by atoms with Gasteiger partial charge in [0.15, 0.2) is 5.82 Å². The van der Waals surface area contributed by atoms with Crippen LogP contribution < -0.4 is 11.2 Å². The summed E-state index contributed by atoms with van der Waals surface area (Å²) in [5, 5.41) is 8.62. The largest absolute Gasteiger partial charge is 0.469 e. The number of nitrogens with zero attached hydrogens (tertiary/aromatic N) is 2. The standard InChI is InChI=1S/C9H14N3O7P/c13-9-10-7(11-14)3-4-12(9)8-2-1-6(19-8)5-18-20(15,16)17/h3-4,6,8,14H,1-2,5H2,(H,10,11,13)(H2,15,16,17). The Bertz CT molecular complexity index is 571. The molecule has 2 atom stereocenters. The molecule has 2 rings (SSSR count). The Morgan fingerprint density at radius 1 is 1.55 bits per heavy atom. The summed E-state index contributed by atoms with van der Waals surface area (Å²) in [5.74, 6) is 0.0191. The number of phosphoric acid groups is 1. The van der Waals surface area contributed by atoms with Gasteiger partial charge < -0.3 is 14.5 Å². The lowest BCUT2D eigenvalue weighted by Gasteiger charge is -2.16. The highest BCUT2D eigenvalue weighted by Gasteiger charge is 2.29. The Hall–Kier alpha value is -1.29. The number of phosphoric ester groups is 1. The first kappa shape index (κ1) is 15.1. The van der Waals surface area contributed by atoms with Crippen molar-refractivity contribution >= 4 is 13.6 Å². The van der Waals surface area contributed by atoms with Crippen LogP contribution in [-0.2, 0) is 13.8 Å². The van der Waals surface area contributed by atoms with Crippen molar-refractivity contribution < 1.29 is 28.8 Å². The predicted molar refractivity (Wildman–Crippen MR) is 65.0 cm³/mol. The van der Waals surface area contributed by atoms with E-state index < -0.39 is 25.8 Å². The molecule has 0 radical (unpaired) electrons. The number of rotatable bonds is 5. The minimum absolute atomic E-state index is 0.0191. The molecule has 1 aromatic heterocycles. The quantitative estimate of drug-likeness (QED) is 0.430. The fraction of sp³-hybridized carbons (Fsp3) is 0.556. The monoisotopic (exact) mass is 307 g/mol. The molecule has 0 spiro atoms. The number of hydrogen-bond acceptors (Lipinski definition) is 7. The molecule has 0 bridgehead atoms. The van der Waals surface area contributed by atoms with Gasteiger partial charge >= 0.3 is 13.5 Å². The second-order valence-electron chi connectivity index (χ2n) is 4.19. The Morgan fingerprint density at radius 2 is 2.30 bits per heavy atom. The maximum atomic E-state index is 11.7. The summed E-state index contributed by atoms with van der Waals surface area (Å²) >= 11 is 0. The molecule has 112 valence electrons. The summed E-state index contributed by atoms with van der Waals surface area (Å²) in [5.41, 5.74) is 1.15. The molecule has 1 aliphatic rings. The smallest absolute Gasteiger partial charge is 0.352 e. The van der Waals surface area contributed by atoms with Crippen molar-refractivity contribution in [3.8, 4) is 0 Å². The average Bonchev–Trinajstić information content (AvgIpc) is 2.84. The van der Waals surface area contributed by atoms with Crippen molar-refractivity contribution in [1.29, 1.82) is 0 Å². The highest BCUT2D eigenvalue weighted by molar-refractivity contribution is 7.46. The Labute approximate surface area is 113 Å². The van der Waals surface area contributed by atoms with Gasteiger partial charge in [0.2, 0.25) is 0 Å². The van der Waals surface area contributed by atoms with Crippen molar-refractivity contribution in [2.24, 2.45) is 0 Å². The lowest BCUT2D eigenvalue weighted by atomic mass is 10.2. The predicted octanol–water partition coefficient (Wildman–Crippen LogP) is -0.169. The fourth-order valence-corrected chi connectivity index (χ4v) is 2.25. The maximum absolute atomic E-state index is 11.7. The topological polar surface area (TPSA) is 143 Å². The summed E-state index contributed by atoms with van der Waals surface area (Å²) in [4.78, 5) is 32.4. The first-order chi connectivity index (χ1) is 9.39. The van der Waals surface area contributed by atoms with Gasteiger partial charge in [0.05, 0.1) is 12.7 Å². The SMILES string of the molecule is O=c1nc(NO)ccn1C1CCC(COP(=O)(O)O)O1.